The van der Waals surface area contributed by atoms with Crippen LogP contribution in [0.4, 0.5) is 5.69 Å². The third-order valence-corrected chi connectivity index (χ3v) is 4.85. The van der Waals surface area contributed by atoms with Gasteiger partial charge in [0.2, 0.25) is 0 Å². The second-order valence-electron chi connectivity index (χ2n) is 6.80. The number of nitrogens with zero attached hydrogens (tertiary/aromatic N) is 5. The number of aromatic nitrogens is 5. The molecule has 4 aromatic rings. The molecule has 0 saturated heterocycles. The number of aryl methyl sites for hydroxylation is 2. The molecular formula is C23H22N6O. The lowest BCUT2D eigenvalue weighted by molar-refractivity contribution is 0.102. The van der Waals surface area contributed by atoms with Crippen molar-refractivity contribution in [2.45, 2.75) is 26.8 Å². The van der Waals surface area contributed by atoms with E-state index >= 15 is 0 Å². The fourth-order valence-electron chi connectivity index (χ4n) is 3.18. The second kappa shape index (κ2) is 8.65. The van der Waals surface area contributed by atoms with E-state index in [1.165, 1.54) is 0 Å². The van der Waals surface area contributed by atoms with Gasteiger partial charge in [-0.3, -0.25) is 14.8 Å². The zero-order valence-corrected chi connectivity index (χ0v) is 16.9. The molecule has 0 aliphatic heterocycles. The van der Waals surface area contributed by atoms with E-state index in [1.807, 2.05) is 60.2 Å². The van der Waals surface area contributed by atoms with Gasteiger partial charge < -0.3 is 9.88 Å². The van der Waals surface area contributed by atoms with Gasteiger partial charge in [-0.2, -0.15) is 0 Å². The summed E-state index contributed by atoms with van der Waals surface area (Å²) in [4.78, 5) is 21.5. The number of pyridine rings is 2. The number of carbonyl (C=O) groups is 1. The van der Waals surface area contributed by atoms with Crippen molar-refractivity contribution < 1.29 is 4.79 Å². The van der Waals surface area contributed by atoms with Crippen molar-refractivity contribution in [3.63, 3.8) is 0 Å². The van der Waals surface area contributed by atoms with Crippen LogP contribution in [-0.2, 0) is 13.0 Å². The molecule has 0 aliphatic rings. The largest absolute Gasteiger partial charge is 0.321 e. The van der Waals surface area contributed by atoms with Gasteiger partial charge in [0.05, 0.1) is 0 Å². The highest BCUT2D eigenvalue weighted by Gasteiger charge is 2.12. The van der Waals surface area contributed by atoms with Gasteiger partial charge in [0.1, 0.15) is 12.0 Å². The summed E-state index contributed by atoms with van der Waals surface area (Å²) in [5, 5.41) is 11.1. The molecule has 0 saturated carbocycles. The van der Waals surface area contributed by atoms with Gasteiger partial charge in [0.25, 0.3) is 5.91 Å². The maximum atomic E-state index is 12.8. The molecular weight excluding hydrogens is 376 g/mol. The van der Waals surface area contributed by atoms with Gasteiger partial charge >= 0.3 is 0 Å². The second-order valence-corrected chi connectivity index (χ2v) is 6.80. The minimum atomic E-state index is -0.274. The van der Waals surface area contributed by atoms with E-state index in [4.69, 9.17) is 0 Å². The highest BCUT2D eigenvalue weighted by atomic mass is 16.1. The standard InChI is InChI=1S/C23H22N6O/c1-3-19-9-8-18(14-25-19)16-10-11-24-21(13-16)23(30)27-20-7-5-6-17(12-20)22-28-26-15-29(22)4-2/h5-15H,3-4H2,1-2H3,(H,27,30). The number of hydrogen-bond donors (Lipinski definition) is 1. The van der Waals surface area contributed by atoms with Crippen LogP contribution in [0.5, 0.6) is 0 Å². The number of carbonyl (C=O) groups excluding carboxylic acids is 1. The van der Waals surface area contributed by atoms with Crippen molar-refractivity contribution in [1.82, 2.24) is 24.7 Å². The summed E-state index contributed by atoms with van der Waals surface area (Å²) in [6.07, 6.45) is 6.04. The fourth-order valence-corrected chi connectivity index (χ4v) is 3.18. The Balaban J connectivity index is 1.55. The lowest BCUT2D eigenvalue weighted by Gasteiger charge is -2.09. The van der Waals surface area contributed by atoms with E-state index < -0.39 is 0 Å². The van der Waals surface area contributed by atoms with Crippen molar-refractivity contribution in [2.24, 2.45) is 0 Å². The summed E-state index contributed by atoms with van der Waals surface area (Å²) in [6, 6.07) is 15.2. The molecule has 0 fully saturated rings. The van der Waals surface area contributed by atoms with Crippen molar-refractivity contribution >= 4 is 11.6 Å². The average Bonchev–Trinajstić information content (AvgIpc) is 3.28. The Morgan fingerprint density at radius 3 is 2.67 bits per heavy atom. The molecule has 0 atom stereocenters. The predicted octanol–water partition coefficient (Wildman–Crippen LogP) is 4.24. The number of nitrogens with one attached hydrogen (secondary N) is 1. The zero-order chi connectivity index (χ0) is 20.9. The lowest BCUT2D eigenvalue weighted by Crippen LogP contribution is -2.13. The Kier molecular flexibility index (Phi) is 5.61. The van der Waals surface area contributed by atoms with Crippen LogP contribution in [0.15, 0.2) is 67.3 Å². The van der Waals surface area contributed by atoms with Crippen molar-refractivity contribution in [3.05, 3.63) is 78.6 Å². The summed E-state index contributed by atoms with van der Waals surface area (Å²) in [5.74, 6) is 0.487. The van der Waals surface area contributed by atoms with Crippen LogP contribution in [0.2, 0.25) is 0 Å². The van der Waals surface area contributed by atoms with Crippen LogP contribution in [-0.4, -0.2) is 30.6 Å². The third-order valence-electron chi connectivity index (χ3n) is 4.85. The summed E-state index contributed by atoms with van der Waals surface area (Å²) in [7, 11) is 0. The monoisotopic (exact) mass is 398 g/mol. The SMILES string of the molecule is CCc1ccc(-c2ccnc(C(=O)Nc3cccc(-c4nncn4CC)c3)c2)cn1. The smallest absolute Gasteiger partial charge is 0.274 e. The quantitative estimate of drug-likeness (QED) is 0.525. The summed E-state index contributed by atoms with van der Waals surface area (Å²) in [5.41, 5.74) is 4.78. The van der Waals surface area contributed by atoms with Crippen LogP contribution in [0.1, 0.15) is 30.0 Å². The van der Waals surface area contributed by atoms with Crippen molar-refractivity contribution in [3.8, 4) is 22.5 Å². The van der Waals surface area contributed by atoms with E-state index in [0.717, 1.165) is 41.2 Å². The Labute approximate surface area is 174 Å². The molecule has 30 heavy (non-hydrogen) atoms. The molecule has 3 aromatic heterocycles. The third kappa shape index (κ3) is 4.10. The minimum absolute atomic E-state index is 0.274. The molecule has 4 rings (SSSR count). The first kappa shape index (κ1) is 19.4. The maximum absolute atomic E-state index is 12.8. The molecule has 0 aliphatic carbocycles. The topological polar surface area (TPSA) is 85.6 Å². The van der Waals surface area contributed by atoms with E-state index in [-0.39, 0.29) is 5.91 Å². The Morgan fingerprint density at radius 1 is 1.00 bits per heavy atom. The highest BCUT2D eigenvalue weighted by molar-refractivity contribution is 6.03. The van der Waals surface area contributed by atoms with Crippen molar-refractivity contribution in [1.29, 1.82) is 0 Å². The van der Waals surface area contributed by atoms with E-state index in [0.29, 0.717) is 11.4 Å². The average molecular weight is 398 g/mol. The van der Waals surface area contributed by atoms with Gasteiger partial charge in [-0.25, -0.2) is 0 Å². The van der Waals surface area contributed by atoms with Crippen LogP contribution < -0.4 is 5.32 Å². The van der Waals surface area contributed by atoms with E-state index in [1.54, 1.807) is 18.6 Å². The zero-order valence-electron chi connectivity index (χ0n) is 16.9. The Hall–Kier alpha value is -3.87. The number of amides is 1. The Morgan fingerprint density at radius 2 is 1.90 bits per heavy atom. The maximum Gasteiger partial charge on any atom is 0.274 e. The summed E-state index contributed by atoms with van der Waals surface area (Å²) >= 11 is 0. The first-order chi connectivity index (χ1) is 14.7. The van der Waals surface area contributed by atoms with Crippen LogP contribution >= 0.6 is 0 Å². The molecule has 7 heteroatoms. The molecule has 1 amide bonds. The molecule has 0 unspecified atom stereocenters. The number of rotatable bonds is 6. The van der Waals surface area contributed by atoms with Gasteiger partial charge in [0, 0.05) is 41.4 Å². The predicted molar refractivity (Wildman–Crippen MR) is 116 cm³/mol. The molecule has 150 valence electrons. The first-order valence-corrected chi connectivity index (χ1v) is 9.89. The van der Waals surface area contributed by atoms with Gasteiger partial charge in [-0.15, -0.1) is 10.2 Å². The highest BCUT2D eigenvalue weighted by Crippen LogP contribution is 2.22. The minimum Gasteiger partial charge on any atom is -0.321 e. The van der Waals surface area contributed by atoms with Gasteiger partial charge in [-0.05, 0) is 49.2 Å². The van der Waals surface area contributed by atoms with Crippen LogP contribution in [0.3, 0.4) is 0 Å². The van der Waals surface area contributed by atoms with E-state index in [2.05, 4.69) is 32.4 Å². The molecule has 0 bridgehead atoms. The van der Waals surface area contributed by atoms with E-state index in [9.17, 15) is 4.79 Å². The molecule has 0 radical (unpaired) electrons. The number of hydrogen-bond acceptors (Lipinski definition) is 5. The molecule has 3 heterocycles. The molecule has 1 N–H and O–H groups in total. The van der Waals surface area contributed by atoms with Crippen molar-refractivity contribution in [2.75, 3.05) is 5.32 Å². The summed E-state index contributed by atoms with van der Waals surface area (Å²) < 4.78 is 1.95. The normalized spacial score (nSPS) is 10.7. The molecule has 0 spiro atoms. The van der Waals surface area contributed by atoms with Crippen LogP contribution in [0.25, 0.3) is 22.5 Å². The van der Waals surface area contributed by atoms with Gasteiger partial charge in [-0.1, -0.05) is 25.1 Å². The molecule has 7 nitrogen and oxygen atoms in total. The number of anilines is 1. The molecule has 1 aromatic carbocycles. The summed E-state index contributed by atoms with van der Waals surface area (Å²) in [6.45, 7) is 4.87. The fraction of sp³-hybridized carbons (Fsp3) is 0.174. The lowest BCUT2D eigenvalue weighted by atomic mass is 10.1. The first-order valence-electron chi connectivity index (χ1n) is 9.89. The number of benzene rings is 1. The van der Waals surface area contributed by atoms with Crippen LogP contribution in [0, 0.1) is 0 Å². The Bertz CT molecular complexity index is 1170. The van der Waals surface area contributed by atoms with Gasteiger partial charge in [0.15, 0.2) is 5.82 Å².